The molecule has 4 rings (SSSR count). The van der Waals surface area contributed by atoms with E-state index in [1.165, 1.54) is 12.1 Å². The number of nitro groups is 1. The third-order valence-corrected chi connectivity index (χ3v) is 7.59. The van der Waals surface area contributed by atoms with Crippen LogP contribution in [0.15, 0.2) is 80.7 Å². The molecule has 3 aromatic carbocycles. The zero-order chi connectivity index (χ0) is 31.4. The zero-order valence-electron chi connectivity index (χ0n) is 21.2. The van der Waals surface area contributed by atoms with Gasteiger partial charge >= 0.3 is 0 Å². The Labute approximate surface area is 253 Å². The van der Waals surface area contributed by atoms with E-state index in [0.717, 1.165) is 30.4 Å². The third-order valence-electron chi connectivity index (χ3n) is 5.43. The summed E-state index contributed by atoms with van der Waals surface area (Å²) in [5, 5.41) is 22.0. The Morgan fingerprint density at radius 1 is 0.791 bits per heavy atom. The van der Waals surface area contributed by atoms with Gasteiger partial charge in [0.15, 0.2) is 5.82 Å². The van der Waals surface area contributed by atoms with E-state index < -0.39 is 40.6 Å². The summed E-state index contributed by atoms with van der Waals surface area (Å²) in [4.78, 5) is 20.4. The van der Waals surface area contributed by atoms with Crippen LogP contribution in [0, 0.1) is 10.1 Å². The molecule has 0 amide bonds. The van der Waals surface area contributed by atoms with Crippen molar-refractivity contribution >= 4 is 78.3 Å². The molecule has 0 atom stereocenters. The Hall–Kier alpha value is -4.39. The molecule has 0 fully saturated rings. The normalized spacial score (nSPS) is 12.2. The summed E-state index contributed by atoms with van der Waals surface area (Å²) in [6.45, 7) is 0.212. The summed E-state index contributed by atoms with van der Waals surface area (Å²) in [7, 11) is -9.66. The Bertz CT molecular complexity index is 1970. The summed E-state index contributed by atoms with van der Waals surface area (Å²) >= 11 is 11.5. The predicted molar refractivity (Wildman–Crippen MR) is 156 cm³/mol. The number of benzene rings is 3. The van der Waals surface area contributed by atoms with Crippen molar-refractivity contribution in [2.24, 2.45) is 10.2 Å². The summed E-state index contributed by atoms with van der Waals surface area (Å²) in [5.41, 5.74) is 0.324. The average molecular weight is 666 g/mol. The maximum Gasteiger partial charge on any atom is 0.295 e. The lowest BCUT2D eigenvalue weighted by molar-refractivity contribution is -0.385. The number of nitrogens with zero attached hydrogens (tertiary/aromatic N) is 6. The SMILES string of the molecule is O=[N+]([O-])c1ccc(/C=C/c2ccc(N=Nc3ccc(NCc4nc(Cl)nc(Cl)n4)cc3)cc2S(=O)(=O)O)c(S(=O)(=O)O)c1. The summed E-state index contributed by atoms with van der Waals surface area (Å²) in [5.74, 6) is 0.327. The highest BCUT2D eigenvalue weighted by Crippen LogP contribution is 2.28. The zero-order valence-corrected chi connectivity index (χ0v) is 24.4. The molecule has 0 bridgehead atoms. The summed E-state index contributed by atoms with van der Waals surface area (Å²) in [6.07, 6.45) is 2.25. The largest absolute Gasteiger partial charge is 0.378 e. The molecule has 4 aromatic rings. The molecule has 0 saturated heterocycles. The Morgan fingerprint density at radius 3 is 1.86 bits per heavy atom. The van der Waals surface area contributed by atoms with E-state index in [0.29, 0.717) is 23.3 Å². The highest BCUT2D eigenvalue weighted by atomic mass is 35.5. The van der Waals surface area contributed by atoms with E-state index in [2.05, 4.69) is 30.5 Å². The second-order valence-corrected chi connectivity index (χ2v) is 11.8. The van der Waals surface area contributed by atoms with Crippen LogP contribution in [-0.4, -0.2) is 45.8 Å². The van der Waals surface area contributed by atoms with Crippen LogP contribution < -0.4 is 5.32 Å². The number of rotatable bonds is 10. The van der Waals surface area contributed by atoms with E-state index >= 15 is 0 Å². The predicted octanol–water partition coefficient (Wildman–Crippen LogP) is 5.78. The topological polar surface area (TPSA) is 227 Å². The summed E-state index contributed by atoms with van der Waals surface area (Å²) < 4.78 is 66.9. The number of aromatic nitrogens is 3. The maximum absolute atomic E-state index is 12.1. The third kappa shape index (κ3) is 8.57. The van der Waals surface area contributed by atoms with Crippen molar-refractivity contribution in [1.29, 1.82) is 0 Å². The van der Waals surface area contributed by atoms with E-state index in [-0.39, 0.29) is 33.9 Å². The molecule has 0 aliphatic heterocycles. The van der Waals surface area contributed by atoms with Crippen molar-refractivity contribution in [3.05, 3.63) is 98.3 Å². The Balaban J connectivity index is 1.54. The monoisotopic (exact) mass is 665 g/mol. The number of non-ortho nitro benzene ring substituents is 1. The minimum atomic E-state index is -4.87. The minimum Gasteiger partial charge on any atom is -0.378 e. The van der Waals surface area contributed by atoms with Gasteiger partial charge in [-0.1, -0.05) is 18.2 Å². The van der Waals surface area contributed by atoms with Crippen LogP contribution in [0.25, 0.3) is 12.2 Å². The Kier molecular flexibility index (Phi) is 9.43. The number of nitrogens with one attached hydrogen (secondary N) is 1. The first-order chi connectivity index (χ1) is 20.2. The van der Waals surface area contributed by atoms with E-state index in [1.54, 1.807) is 24.3 Å². The van der Waals surface area contributed by atoms with Crippen LogP contribution in [-0.2, 0) is 26.8 Å². The van der Waals surface area contributed by atoms with Gasteiger partial charge in [-0.05, 0) is 76.8 Å². The number of hydrogen-bond acceptors (Lipinski definition) is 12. The molecule has 19 heteroatoms. The maximum atomic E-state index is 12.1. The minimum absolute atomic E-state index is 0.0375. The number of hydrogen-bond donors (Lipinski definition) is 3. The lowest BCUT2D eigenvalue weighted by Crippen LogP contribution is -2.05. The van der Waals surface area contributed by atoms with Crippen molar-refractivity contribution in [2.45, 2.75) is 16.3 Å². The van der Waals surface area contributed by atoms with Gasteiger partial charge in [-0.3, -0.25) is 19.2 Å². The number of azo groups is 1. The smallest absolute Gasteiger partial charge is 0.295 e. The molecule has 222 valence electrons. The molecule has 0 aliphatic rings. The second kappa shape index (κ2) is 12.9. The van der Waals surface area contributed by atoms with Gasteiger partial charge < -0.3 is 5.32 Å². The van der Waals surface area contributed by atoms with Crippen molar-refractivity contribution in [2.75, 3.05) is 5.32 Å². The Morgan fingerprint density at radius 2 is 1.30 bits per heavy atom. The quantitative estimate of drug-likeness (QED) is 0.0602. The average Bonchev–Trinajstić information content (AvgIpc) is 2.93. The van der Waals surface area contributed by atoms with Crippen LogP contribution >= 0.6 is 23.2 Å². The van der Waals surface area contributed by atoms with Crippen molar-refractivity contribution < 1.29 is 30.9 Å². The van der Waals surface area contributed by atoms with Crippen LogP contribution in [0.5, 0.6) is 0 Å². The van der Waals surface area contributed by atoms with E-state index in [9.17, 15) is 36.1 Å². The molecule has 0 saturated carbocycles. The first-order valence-electron chi connectivity index (χ1n) is 11.6. The fraction of sp³-hybridized carbons (Fsp3) is 0.0417. The van der Waals surface area contributed by atoms with Crippen molar-refractivity contribution in [3.8, 4) is 0 Å². The van der Waals surface area contributed by atoms with Crippen molar-refractivity contribution in [1.82, 2.24) is 15.0 Å². The molecule has 0 unspecified atom stereocenters. The van der Waals surface area contributed by atoms with Crippen LogP contribution in [0.2, 0.25) is 10.6 Å². The molecule has 43 heavy (non-hydrogen) atoms. The molecule has 0 aliphatic carbocycles. The summed E-state index contributed by atoms with van der Waals surface area (Å²) in [6, 6.07) is 13.1. The van der Waals surface area contributed by atoms with Crippen molar-refractivity contribution in [3.63, 3.8) is 0 Å². The van der Waals surface area contributed by atoms with Gasteiger partial charge in [0, 0.05) is 17.8 Å². The first-order valence-corrected chi connectivity index (χ1v) is 15.2. The number of nitro benzene ring substituents is 1. The number of anilines is 1. The fourth-order valence-electron chi connectivity index (χ4n) is 3.51. The van der Waals surface area contributed by atoms with Gasteiger partial charge in [0.1, 0.15) is 9.79 Å². The molecule has 1 heterocycles. The fourth-order valence-corrected chi connectivity index (χ4v) is 5.32. The van der Waals surface area contributed by atoms with E-state index in [1.807, 2.05) is 0 Å². The molecule has 1 aromatic heterocycles. The van der Waals surface area contributed by atoms with Crippen LogP contribution in [0.3, 0.4) is 0 Å². The molecule has 3 N–H and O–H groups in total. The van der Waals surface area contributed by atoms with Crippen LogP contribution in [0.1, 0.15) is 17.0 Å². The standard InChI is InChI=1S/C24H17Cl2N7O8S2/c25-23-28-22(29-24(26)30-23)13-27-16-6-8-17(9-7-16)31-32-18-5-3-14(20(11-18)42(36,37)38)1-2-15-4-10-19(33(34)35)12-21(15)43(39,40)41/h1-12,27H,13H2,(H,36,37,38)(H,39,40,41)/b2-1+,32-31?. The lowest BCUT2D eigenvalue weighted by atomic mass is 10.1. The highest BCUT2D eigenvalue weighted by Gasteiger charge is 2.20. The van der Waals surface area contributed by atoms with Gasteiger partial charge in [0.05, 0.1) is 22.8 Å². The van der Waals surface area contributed by atoms with Gasteiger partial charge in [-0.2, -0.15) is 32.0 Å². The van der Waals surface area contributed by atoms with Gasteiger partial charge in [-0.25, -0.2) is 9.97 Å². The first kappa shape index (κ1) is 31.5. The van der Waals surface area contributed by atoms with Gasteiger partial charge in [0.25, 0.3) is 25.9 Å². The lowest BCUT2D eigenvalue weighted by Gasteiger charge is -2.06. The van der Waals surface area contributed by atoms with Crippen LogP contribution in [0.4, 0.5) is 22.7 Å². The molecular formula is C24H17Cl2N7O8S2. The second-order valence-electron chi connectivity index (χ2n) is 8.37. The highest BCUT2D eigenvalue weighted by molar-refractivity contribution is 7.86. The van der Waals surface area contributed by atoms with E-state index in [4.69, 9.17) is 23.2 Å². The molecular weight excluding hydrogens is 649 g/mol. The van der Waals surface area contributed by atoms with Gasteiger partial charge in [0.2, 0.25) is 10.6 Å². The molecule has 15 nitrogen and oxygen atoms in total. The molecule has 0 spiro atoms. The molecule has 0 radical (unpaired) electrons. The van der Waals surface area contributed by atoms with Gasteiger partial charge in [-0.15, -0.1) is 0 Å². The number of halogens is 2.